The molecule has 58 heavy (non-hydrogen) atoms. The lowest BCUT2D eigenvalue weighted by Crippen LogP contribution is -2.34. The Bertz CT molecular complexity index is 1260. The van der Waals surface area contributed by atoms with Crippen molar-refractivity contribution in [3.8, 4) is 0 Å². The summed E-state index contributed by atoms with van der Waals surface area (Å²) in [6.45, 7) is 2.59. The predicted molar refractivity (Wildman–Crippen MR) is 235 cm³/mol. The van der Waals surface area contributed by atoms with Crippen LogP contribution in [0.25, 0.3) is 0 Å². The molecule has 11 nitrogen and oxygen atoms in total. The van der Waals surface area contributed by atoms with Gasteiger partial charge < -0.3 is 25.2 Å². The number of allylic oxidation sites excluding steroid dienone is 12. The van der Waals surface area contributed by atoms with E-state index in [1.807, 2.05) is 18.2 Å². The Hall–Kier alpha value is -3.08. The highest BCUT2D eigenvalue weighted by atomic mass is 31.2. The Morgan fingerprint density at radius 2 is 1.00 bits per heavy atom. The van der Waals surface area contributed by atoms with Gasteiger partial charge in [-0.05, 0) is 70.6 Å². The van der Waals surface area contributed by atoms with Crippen LogP contribution in [-0.2, 0) is 37.5 Å². The number of aliphatic carboxylic acids is 1. The van der Waals surface area contributed by atoms with Crippen molar-refractivity contribution in [1.29, 1.82) is 0 Å². The number of carbonyl (C=O) groups excluding carboxylic acids is 2. The zero-order chi connectivity index (χ0) is 42.8. The molecule has 0 amide bonds. The van der Waals surface area contributed by atoms with Crippen molar-refractivity contribution in [3.63, 3.8) is 0 Å². The van der Waals surface area contributed by atoms with Gasteiger partial charge in [0, 0.05) is 12.8 Å². The Balaban J connectivity index is 4.38. The quantitative estimate of drug-likeness (QED) is 0.0232. The molecule has 0 aliphatic heterocycles. The number of rotatable bonds is 40. The lowest BCUT2D eigenvalue weighted by Gasteiger charge is -2.20. The highest BCUT2D eigenvalue weighted by Gasteiger charge is 2.28. The maximum atomic E-state index is 12.6. The van der Waals surface area contributed by atoms with E-state index in [1.54, 1.807) is 0 Å². The van der Waals surface area contributed by atoms with Crippen LogP contribution in [0.2, 0.25) is 0 Å². The first-order chi connectivity index (χ1) is 28.1. The molecular formula is C46H78NO10P. The smallest absolute Gasteiger partial charge is 0.472 e. The molecule has 4 N–H and O–H groups in total. The van der Waals surface area contributed by atoms with Gasteiger partial charge in [0.25, 0.3) is 0 Å². The van der Waals surface area contributed by atoms with Gasteiger partial charge in [-0.15, -0.1) is 0 Å². The summed E-state index contributed by atoms with van der Waals surface area (Å²) in [7, 11) is -4.74. The maximum absolute atomic E-state index is 12.6. The average Bonchev–Trinajstić information content (AvgIpc) is 3.20. The number of carbonyl (C=O) groups is 3. The maximum Gasteiger partial charge on any atom is 0.472 e. The molecule has 0 bridgehead atoms. The van der Waals surface area contributed by atoms with Crippen molar-refractivity contribution in [2.75, 3.05) is 19.8 Å². The summed E-state index contributed by atoms with van der Waals surface area (Å²) in [4.78, 5) is 45.9. The Kier molecular flexibility index (Phi) is 38.5. The summed E-state index contributed by atoms with van der Waals surface area (Å²) in [5.41, 5.74) is 5.32. The van der Waals surface area contributed by atoms with Gasteiger partial charge in [-0.25, -0.2) is 4.57 Å². The third-order valence-corrected chi connectivity index (χ3v) is 9.90. The van der Waals surface area contributed by atoms with E-state index < -0.39 is 51.1 Å². The van der Waals surface area contributed by atoms with E-state index >= 15 is 0 Å². The van der Waals surface area contributed by atoms with Crippen LogP contribution in [0.3, 0.4) is 0 Å². The van der Waals surface area contributed by atoms with E-state index in [1.165, 1.54) is 70.6 Å². The third-order valence-electron chi connectivity index (χ3n) is 8.95. The van der Waals surface area contributed by atoms with Crippen LogP contribution in [0.1, 0.15) is 168 Å². The molecule has 0 aromatic heterocycles. The molecule has 0 saturated heterocycles. The number of phosphoric acid groups is 1. The van der Waals surface area contributed by atoms with E-state index in [0.29, 0.717) is 12.8 Å². The fraction of sp³-hybridized carbons (Fsp3) is 0.674. The fourth-order valence-electron chi connectivity index (χ4n) is 5.52. The molecule has 332 valence electrons. The lowest BCUT2D eigenvalue weighted by molar-refractivity contribution is -0.161. The van der Waals surface area contributed by atoms with Gasteiger partial charge in [0.15, 0.2) is 6.10 Å². The van der Waals surface area contributed by atoms with Crippen molar-refractivity contribution in [2.45, 2.75) is 180 Å². The molecule has 3 unspecified atom stereocenters. The van der Waals surface area contributed by atoms with Crippen LogP contribution < -0.4 is 5.73 Å². The average molecular weight is 836 g/mol. The number of phosphoric ester groups is 1. The van der Waals surface area contributed by atoms with E-state index in [9.17, 15) is 23.8 Å². The van der Waals surface area contributed by atoms with Crippen molar-refractivity contribution >= 4 is 25.7 Å². The summed E-state index contributed by atoms with van der Waals surface area (Å²) in [5, 5.41) is 8.88. The summed E-state index contributed by atoms with van der Waals surface area (Å²) in [6, 6.07) is -1.54. The highest BCUT2D eigenvalue weighted by Crippen LogP contribution is 2.43. The van der Waals surface area contributed by atoms with Crippen molar-refractivity contribution in [1.82, 2.24) is 0 Å². The van der Waals surface area contributed by atoms with E-state index in [-0.39, 0.29) is 19.4 Å². The van der Waals surface area contributed by atoms with E-state index in [0.717, 1.165) is 57.8 Å². The minimum Gasteiger partial charge on any atom is -0.480 e. The first-order valence-electron chi connectivity index (χ1n) is 22.0. The second-order valence-corrected chi connectivity index (χ2v) is 15.9. The molecule has 0 radical (unpaired) electrons. The Morgan fingerprint density at radius 3 is 1.52 bits per heavy atom. The fourth-order valence-corrected chi connectivity index (χ4v) is 6.30. The highest BCUT2D eigenvalue weighted by molar-refractivity contribution is 7.47. The number of esters is 2. The molecule has 0 heterocycles. The summed E-state index contributed by atoms with van der Waals surface area (Å²) in [5.74, 6) is -2.49. The van der Waals surface area contributed by atoms with Crippen LogP contribution in [0.15, 0.2) is 72.9 Å². The third kappa shape index (κ3) is 39.7. The SMILES string of the molecule is CC/C=C\C/C=C\C/C=C\C/C=C\CCC(=O)OC(COC(=O)CCCCCCCCCCC/C=C\C/C=C\CCCCCCC)COP(=O)(O)OCC(N)C(=O)O. The van der Waals surface area contributed by atoms with Crippen LogP contribution in [0.5, 0.6) is 0 Å². The van der Waals surface area contributed by atoms with Crippen molar-refractivity contribution < 1.29 is 47.5 Å². The summed E-state index contributed by atoms with van der Waals surface area (Å²) < 4.78 is 32.6. The zero-order valence-electron chi connectivity index (χ0n) is 35.9. The standard InChI is InChI=1S/C46H78NO10P/c1-3-5-7-9-11-13-15-17-18-19-20-21-22-23-24-26-27-29-31-33-35-37-44(48)54-39-42(40-55-58(52,53)56-41-43(47)46(50)51)57-45(49)38-36-34-32-30-28-25-16-14-12-10-8-6-4-2/h6,8,12,14-15,17,19-20,25,28,32,34,42-43H,3-5,7,9-11,13,16,18,21-24,26-27,29-31,33,35-41,47H2,1-2H3,(H,50,51)(H,52,53)/b8-6-,14-12-,17-15-,20-19-,28-25-,34-32-. The molecule has 3 atom stereocenters. The Morgan fingerprint density at radius 1 is 0.552 bits per heavy atom. The number of ether oxygens (including phenoxy) is 2. The summed E-state index contributed by atoms with van der Waals surface area (Å²) in [6.07, 6.45) is 48.5. The van der Waals surface area contributed by atoms with Gasteiger partial charge in [-0.1, -0.05) is 157 Å². The number of hydrogen-bond donors (Lipinski definition) is 3. The van der Waals surface area contributed by atoms with Crippen molar-refractivity contribution in [3.05, 3.63) is 72.9 Å². The van der Waals surface area contributed by atoms with Gasteiger partial charge in [0.05, 0.1) is 13.2 Å². The first kappa shape index (κ1) is 54.9. The molecular weight excluding hydrogens is 757 g/mol. The molecule has 0 aromatic carbocycles. The van der Waals surface area contributed by atoms with Gasteiger partial charge in [0.1, 0.15) is 12.6 Å². The van der Waals surface area contributed by atoms with Gasteiger partial charge in [-0.2, -0.15) is 0 Å². The lowest BCUT2D eigenvalue weighted by atomic mass is 10.1. The van der Waals surface area contributed by atoms with E-state index in [2.05, 4.69) is 73.1 Å². The first-order valence-corrected chi connectivity index (χ1v) is 23.5. The second-order valence-electron chi connectivity index (χ2n) is 14.4. The number of carboxylic acids is 1. The summed E-state index contributed by atoms with van der Waals surface area (Å²) >= 11 is 0. The van der Waals surface area contributed by atoms with E-state index in [4.69, 9.17) is 24.8 Å². The molecule has 0 aromatic rings. The molecule has 0 aliphatic carbocycles. The topological polar surface area (TPSA) is 172 Å². The molecule has 12 heteroatoms. The van der Waals surface area contributed by atoms with Crippen LogP contribution in [0, 0.1) is 0 Å². The minimum absolute atomic E-state index is 0.0359. The Labute approximate surface area is 350 Å². The molecule has 0 rings (SSSR count). The van der Waals surface area contributed by atoms with Crippen LogP contribution >= 0.6 is 7.82 Å². The number of carboxylic acid groups (broad SMARTS) is 1. The van der Waals surface area contributed by atoms with Gasteiger partial charge >= 0.3 is 25.7 Å². The zero-order valence-corrected chi connectivity index (χ0v) is 36.8. The molecule has 0 saturated carbocycles. The number of unbranched alkanes of at least 4 members (excludes halogenated alkanes) is 14. The second kappa shape index (κ2) is 40.7. The number of nitrogens with two attached hydrogens (primary N) is 1. The number of hydrogen-bond acceptors (Lipinski definition) is 9. The normalized spacial score (nSPS) is 14.4. The van der Waals surface area contributed by atoms with Crippen molar-refractivity contribution in [2.24, 2.45) is 5.73 Å². The predicted octanol–water partition coefficient (Wildman–Crippen LogP) is 11.7. The largest absolute Gasteiger partial charge is 0.480 e. The minimum atomic E-state index is -4.74. The van der Waals surface area contributed by atoms with Crippen LogP contribution in [0.4, 0.5) is 0 Å². The van der Waals surface area contributed by atoms with Crippen LogP contribution in [-0.4, -0.2) is 59.9 Å². The molecule has 0 aliphatic rings. The molecule has 0 spiro atoms. The molecule has 0 fully saturated rings. The van der Waals surface area contributed by atoms with Gasteiger partial charge in [0.2, 0.25) is 0 Å². The van der Waals surface area contributed by atoms with Gasteiger partial charge in [-0.3, -0.25) is 23.4 Å². The monoisotopic (exact) mass is 836 g/mol.